The van der Waals surface area contributed by atoms with E-state index in [2.05, 4.69) is 10.6 Å². The predicted octanol–water partition coefficient (Wildman–Crippen LogP) is -2.99. The van der Waals surface area contributed by atoms with Gasteiger partial charge in [0.2, 0.25) is 11.8 Å². The number of nitrogens with two attached hydrogens (primary N) is 2. The van der Waals surface area contributed by atoms with Crippen LogP contribution in [0.4, 0.5) is 4.79 Å². The molecule has 0 saturated carbocycles. The van der Waals surface area contributed by atoms with E-state index in [-0.39, 0.29) is 0 Å². The molecule has 66 valence electrons. The van der Waals surface area contributed by atoms with Gasteiger partial charge in [0.1, 0.15) is 12.1 Å². The average Bonchev–Trinajstić information content (AvgIpc) is 2.31. The van der Waals surface area contributed by atoms with Crippen LogP contribution in [0.5, 0.6) is 0 Å². The Morgan fingerprint density at radius 1 is 1.08 bits per heavy atom. The Hall–Kier alpha value is -1.79. The highest BCUT2D eigenvalue weighted by Gasteiger charge is 2.39. The molecule has 0 aliphatic carbocycles. The van der Waals surface area contributed by atoms with Crippen LogP contribution in [0, 0.1) is 0 Å². The lowest BCUT2D eigenvalue weighted by molar-refractivity contribution is -0.125. The molecule has 6 N–H and O–H groups in total. The van der Waals surface area contributed by atoms with Gasteiger partial charge in [0.15, 0.2) is 0 Å². The standard InChI is InChI=1S/C5H8N4O3/c6-3(10)1-2(4(7)11)9-5(12)8-1/h1-2H,(H2,6,10)(H2,7,11)(H2,8,9,12). The van der Waals surface area contributed by atoms with Gasteiger partial charge in [-0.05, 0) is 0 Å². The van der Waals surface area contributed by atoms with E-state index in [0.29, 0.717) is 0 Å². The Morgan fingerprint density at radius 3 is 1.67 bits per heavy atom. The number of primary amides is 2. The Bertz CT molecular complexity index is 227. The minimum atomic E-state index is -1.05. The molecule has 0 aromatic carbocycles. The zero-order valence-electron chi connectivity index (χ0n) is 6.03. The third kappa shape index (κ3) is 1.29. The maximum Gasteiger partial charge on any atom is 0.316 e. The summed E-state index contributed by atoms with van der Waals surface area (Å²) < 4.78 is 0. The average molecular weight is 172 g/mol. The van der Waals surface area contributed by atoms with Gasteiger partial charge in [-0.15, -0.1) is 0 Å². The molecule has 1 saturated heterocycles. The van der Waals surface area contributed by atoms with Crippen molar-refractivity contribution in [2.75, 3.05) is 0 Å². The summed E-state index contributed by atoms with van der Waals surface area (Å²) in [5, 5.41) is 4.32. The van der Waals surface area contributed by atoms with Crippen LogP contribution in [0.2, 0.25) is 0 Å². The van der Waals surface area contributed by atoms with E-state index in [1.165, 1.54) is 0 Å². The summed E-state index contributed by atoms with van der Waals surface area (Å²) in [5.41, 5.74) is 9.77. The monoisotopic (exact) mass is 172 g/mol. The van der Waals surface area contributed by atoms with Crippen molar-refractivity contribution in [3.05, 3.63) is 0 Å². The van der Waals surface area contributed by atoms with Gasteiger partial charge >= 0.3 is 6.03 Å². The lowest BCUT2D eigenvalue weighted by atomic mass is 10.1. The van der Waals surface area contributed by atoms with Crippen molar-refractivity contribution in [2.45, 2.75) is 12.1 Å². The summed E-state index contributed by atoms with van der Waals surface area (Å²) in [6.07, 6.45) is 0. The number of amides is 4. The van der Waals surface area contributed by atoms with E-state index in [1.807, 2.05) is 0 Å². The maximum atomic E-state index is 10.6. The first-order valence-electron chi connectivity index (χ1n) is 3.18. The first-order chi connectivity index (χ1) is 5.52. The SMILES string of the molecule is NC(=O)C1NC(=O)NC1C(N)=O. The van der Waals surface area contributed by atoms with Gasteiger partial charge in [-0.2, -0.15) is 0 Å². The molecule has 0 aromatic heterocycles. The van der Waals surface area contributed by atoms with Gasteiger partial charge in [-0.25, -0.2) is 4.79 Å². The van der Waals surface area contributed by atoms with Crippen molar-refractivity contribution in [1.82, 2.24) is 10.6 Å². The molecule has 2 unspecified atom stereocenters. The van der Waals surface area contributed by atoms with E-state index in [4.69, 9.17) is 11.5 Å². The molecule has 0 aromatic rings. The molecular formula is C5H8N4O3. The fourth-order valence-corrected chi connectivity index (χ4v) is 0.962. The molecule has 12 heavy (non-hydrogen) atoms. The van der Waals surface area contributed by atoms with Crippen molar-refractivity contribution in [1.29, 1.82) is 0 Å². The van der Waals surface area contributed by atoms with Crippen molar-refractivity contribution in [3.63, 3.8) is 0 Å². The van der Waals surface area contributed by atoms with Crippen molar-refractivity contribution in [3.8, 4) is 0 Å². The minimum Gasteiger partial charge on any atom is -0.368 e. The van der Waals surface area contributed by atoms with E-state index in [1.54, 1.807) is 0 Å². The molecule has 0 spiro atoms. The molecule has 7 nitrogen and oxygen atoms in total. The van der Waals surface area contributed by atoms with E-state index in [9.17, 15) is 14.4 Å². The van der Waals surface area contributed by atoms with Crippen LogP contribution in [0.3, 0.4) is 0 Å². The Labute approximate surface area is 67.5 Å². The fraction of sp³-hybridized carbons (Fsp3) is 0.400. The number of carbonyl (C=O) groups excluding carboxylic acids is 3. The molecule has 1 aliphatic heterocycles. The normalized spacial score (nSPS) is 27.5. The molecule has 1 rings (SSSR count). The van der Waals surface area contributed by atoms with Crippen LogP contribution in [0.25, 0.3) is 0 Å². The second kappa shape index (κ2) is 2.68. The predicted molar refractivity (Wildman–Crippen MR) is 37.6 cm³/mol. The highest BCUT2D eigenvalue weighted by atomic mass is 16.2. The maximum absolute atomic E-state index is 10.6. The van der Waals surface area contributed by atoms with Crippen molar-refractivity contribution in [2.24, 2.45) is 11.5 Å². The molecule has 1 aliphatic rings. The molecule has 0 radical (unpaired) electrons. The lowest BCUT2D eigenvalue weighted by Crippen LogP contribution is -2.51. The Balaban J connectivity index is 2.79. The summed E-state index contributed by atoms with van der Waals surface area (Å²) in [6, 6.07) is -2.72. The van der Waals surface area contributed by atoms with E-state index < -0.39 is 29.9 Å². The van der Waals surface area contributed by atoms with Crippen LogP contribution < -0.4 is 22.1 Å². The van der Waals surface area contributed by atoms with E-state index in [0.717, 1.165) is 0 Å². The van der Waals surface area contributed by atoms with Crippen LogP contribution >= 0.6 is 0 Å². The summed E-state index contributed by atoms with van der Waals surface area (Å²) >= 11 is 0. The van der Waals surface area contributed by atoms with Gasteiger partial charge in [0.05, 0.1) is 0 Å². The van der Waals surface area contributed by atoms with Crippen molar-refractivity contribution >= 4 is 17.8 Å². The van der Waals surface area contributed by atoms with E-state index >= 15 is 0 Å². The lowest BCUT2D eigenvalue weighted by Gasteiger charge is -2.10. The van der Waals surface area contributed by atoms with Gasteiger partial charge in [-0.1, -0.05) is 0 Å². The topological polar surface area (TPSA) is 127 Å². The van der Waals surface area contributed by atoms with Crippen LogP contribution in [0.15, 0.2) is 0 Å². The van der Waals surface area contributed by atoms with Gasteiger partial charge in [-0.3, -0.25) is 9.59 Å². The van der Waals surface area contributed by atoms with Gasteiger partial charge < -0.3 is 22.1 Å². The Kier molecular flexibility index (Phi) is 1.86. The molecular weight excluding hydrogens is 164 g/mol. The smallest absolute Gasteiger partial charge is 0.316 e. The first-order valence-corrected chi connectivity index (χ1v) is 3.18. The third-order valence-corrected chi connectivity index (χ3v) is 1.52. The molecule has 0 bridgehead atoms. The highest BCUT2D eigenvalue weighted by Crippen LogP contribution is 1.99. The number of hydrogen-bond acceptors (Lipinski definition) is 3. The quantitative estimate of drug-likeness (QED) is 0.354. The minimum absolute atomic E-state index is 0.623. The largest absolute Gasteiger partial charge is 0.368 e. The molecule has 2 atom stereocenters. The number of nitrogens with one attached hydrogen (secondary N) is 2. The molecule has 1 fully saturated rings. The van der Waals surface area contributed by atoms with Crippen molar-refractivity contribution < 1.29 is 14.4 Å². The summed E-state index contributed by atoms with van der Waals surface area (Å²) in [5.74, 6) is -1.59. The molecule has 1 heterocycles. The molecule has 4 amide bonds. The third-order valence-electron chi connectivity index (χ3n) is 1.52. The number of carbonyl (C=O) groups is 3. The second-order valence-electron chi connectivity index (χ2n) is 2.38. The Morgan fingerprint density at radius 2 is 1.42 bits per heavy atom. The van der Waals surface area contributed by atoms with Gasteiger partial charge in [0.25, 0.3) is 0 Å². The number of rotatable bonds is 2. The highest BCUT2D eigenvalue weighted by molar-refractivity contribution is 5.99. The fourth-order valence-electron chi connectivity index (χ4n) is 0.962. The zero-order chi connectivity index (χ0) is 9.30. The summed E-state index contributed by atoms with van der Waals surface area (Å²) in [4.78, 5) is 31.9. The molecule has 7 heteroatoms. The number of hydrogen-bond donors (Lipinski definition) is 4. The summed E-state index contributed by atoms with van der Waals surface area (Å²) in [7, 11) is 0. The van der Waals surface area contributed by atoms with Gasteiger partial charge in [0, 0.05) is 0 Å². The van der Waals surface area contributed by atoms with Crippen LogP contribution in [-0.4, -0.2) is 29.9 Å². The van der Waals surface area contributed by atoms with Crippen LogP contribution in [0.1, 0.15) is 0 Å². The number of urea groups is 1. The first kappa shape index (κ1) is 8.31. The van der Waals surface area contributed by atoms with Crippen LogP contribution in [-0.2, 0) is 9.59 Å². The second-order valence-corrected chi connectivity index (χ2v) is 2.38. The zero-order valence-corrected chi connectivity index (χ0v) is 6.03. The summed E-state index contributed by atoms with van der Waals surface area (Å²) in [6.45, 7) is 0.